The van der Waals surface area contributed by atoms with Crippen molar-refractivity contribution < 1.29 is 24.5 Å². The third kappa shape index (κ3) is 62.9. The lowest BCUT2D eigenvalue weighted by atomic mass is 10.0. The van der Waals surface area contributed by atoms with Gasteiger partial charge in [0.2, 0.25) is 5.91 Å². The van der Waals surface area contributed by atoms with Crippen molar-refractivity contribution in [2.75, 3.05) is 13.2 Å². The topological polar surface area (TPSA) is 95.9 Å². The van der Waals surface area contributed by atoms with Gasteiger partial charge in [-0.15, -0.1) is 0 Å². The number of carbonyl (C=O) groups is 2. The maximum atomic E-state index is 12.4. The molecule has 0 saturated carbocycles. The third-order valence-electron chi connectivity index (χ3n) is 15.8. The number of ether oxygens (including phenoxy) is 1. The smallest absolute Gasteiger partial charge is 0.305 e. The summed E-state index contributed by atoms with van der Waals surface area (Å²) in [6.45, 7) is 4.88. The van der Waals surface area contributed by atoms with Crippen molar-refractivity contribution in [2.45, 2.75) is 379 Å². The molecule has 0 aromatic rings. The summed E-state index contributed by atoms with van der Waals surface area (Å²) in [5.74, 6) is -0.0558. The van der Waals surface area contributed by atoms with Gasteiger partial charge in [0.1, 0.15) is 0 Å². The highest BCUT2D eigenvalue weighted by Crippen LogP contribution is 2.18. The van der Waals surface area contributed by atoms with E-state index < -0.39 is 12.1 Å². The molecule has 77 heavy (non-hydrogen) atoms. The molecule has 0 saturated heterocycles. The minimum absolute atomic E-state index is 0.0101. The molecule has 0 aliphatic carbocycles. The Morgan fingerprint density at radius 1 is 0.364 bits per heavy atom. The highest BCUT2D eigenvalue weighted by atomic mass is 16.5. The molecule has 1 amide bonds. The van der Waals surface area contributed by atoms with Crippen LogP contribution in [-0.2, 0) is 14.3 Å². The van der Waals surface area contributed by atoms with Gasteiger partial charge in [-0.05, 0) is 89.9 Å². The summed E-state index contributed by atoms with van der Waals surface area (Å²) in [5, 5.41) is 23.0. The van der Waals surface area contributed by atoms with Gasteiger partial charge in [-0.3, -0.25) is 9.59 Å². The number of aliphatic hydroxyl groups is 2. The highest BCUT2D eigenvalue weighted by molar-refractivity contribution is 5.76. The fourth-order valence-corrected chi connectivity index (χ4v) is 10.5. The lowest BCUT2D eigenvalue weighted by molar-refractivity contribution is -0.143. The summed E-state index contributed by atoms with van der Waals surface area (Å²) < 4.78 is 5.50. The summed E-state index contributed by atoms with van der Waals surface area (Å²) in [6, 6.07) is -0.625. The van der Waals surface area contributed by atoms with Gasteiger partial charge < -0.3 is 20.3 Å². The second-order valence-electron chi connectivity index (χ2n) is 23.5. The van der Waals surface area contributed by atoms with Crippen LogP contribution >= 0.6 is 0 Å². The summed E-state index contributed by atoms with van der Waals surface area (Å²) in [6.07, 6.45) is 86.2. The Morgan fingerprint density at radius 3 is 1.03 bits per heavy atom. The van der Waals surface area contributed by atoms with Crippen molar-refractivity contribution >= 4 is 11.9 Å². The van der Waals surface area contributed by atoms with E-state index in [2.05, 4.69) is 55.6 Å². The lowest BCUT2D eigenvalue weighted by Crippen LogP contribution is -2.45. The molecule has 452 valence electrons. The second-order valence-corrected chi connectivity index (χ2v) is 23.5. The van der Waals surface area contributed by atoms with Crippen LogP contribution in [0.3, 0.4) is 0 Å². The van der Waals surface area contributed by atoms with Crippen molar-refractivity contribution in [3.8, 4) is 0 Å². The van der Waals surface area contributed by atoms with Crippen molar-refractivity contribution in [1.29, 1.82) is 0 Å². The van der Waals surface area contributed by atoms with Gasteiger partial charge in [0.05, 0.1) is 25.4 Å². The fraction of sp³-hybridized carbons (Fsp3) is 0.859. The maximum absolute atomic E-state index is 12.4. The number of hydrogen-bond donors (Lipinski definition) is 3. The van der Waals surface area contributed by atoms with Gasteiger partial charge in [0.15, 0.2) is 0 Å². The number of unbranched alkanes of at least 4 members (excludes halogenated alkanes) is 47. The normalized spacial score (nSPS) is 12.8. The predicted molar refractivity (Wildman–Crippen MR) is 338 cm³/mol. The maximum Gasteiger partial charge on any atom is 0.305 e. The number of esters is 1. The van der Waals surface area contributed by atoms with E-state index in [1.54, 1.807) is 6.08 Å². The molecule has 0 aliphatic rings. The quantitative estimate of drug-likeness (QED) is 0.0320. The first-order valence-corrected chi connectivity index (χ1v) is 34.4. The largest absolute Gasteiger partial charge is 0.466 e. The van der Waals surface area contributed by atoms with Gasteiger partial charge in [-0.1, -0.05) is 313 Å². The van der Waals surface area contributed by atoms with E-state index in [9.17, 15) is 19.8 Å². The Hall–Kier alpha value is -2.18. The van der Waals surface area contributed by atoms with Crippen LogP contribution in [0.15, 0.2) is 48.6 Å². The molecule has 0 fully saturated rings. The summed E-state index contributed by atoms with van der Waals surface area (Å²) in [4.78, 5) is 24.5. The van der Waals surface area contributed by atoms with Crippen LogP contribution in [0, 0.1) is 0 Å². The fourth-order valence-electron chi connectivity index (χ4n) is 10.5. The van der Waals surface area contributed by atoms with E-state index in [0.717, 1.165) is 51.4 Å². The number of nitrogens with one attached hydrogen (secondary N) is 1. The zero-order valence-electron chi connectivity index (χ0n) is 51.7. The number of carbonyl (C=O) groups excluding carboxylic acids is 2. The zero-order valence-corrected chi connectivity index (χ0v) is 51.7. The molecule has 0 spiro atoms. The monoisotopic (exact) mass is 1080 g/mol. The number of aliphatic hydroxyl groups excluding tert-OH is 2. The number of hydrogen-bond acceptors (Lipinski definition) is 5. The van der Waals surface area contributed by atoms with Crippen LogP contribution in [-0.4, -0.2) is 47.4 Å². The van der Waals surface area contributed by atoms with Crippen molar-refractivity contribution in [2.24, 2.45) is 0 Å². The second kappa shape index (κ2) is 66.3. The summed E-state index contributed by atoms with van der Waals surface area (Å²) in [5.41, 5.74) is 0. The molecule has 0 aliphatic heterocycles. The van der Waals surface area contributed by atoms with E-state index in [-0.39, 0.29) is 18.5 Å². The van der Waals surface area contributed by atoms with Gasteiger partial charge in [0.25, 0.3) is 0 Å². The van der Waals surface area contributed by atoms with Crippen LogP contribution in [0.2, 0.25) is 0 Å². The summed E-state index contributed by atoms with van der Waals surface area (Å²) in [7, 11) is 0. The molecule has 2 unspecified atom stereocenters. The zero-order chi connectivity index (χ0) is 55.7. The van der Waals surface area contributed by atoms with Crippen molar-refractivity contribution in [3.05, 3.63) is 48.6 Å². The van der Waals surface area contributed by atoms with Crippen LogP contribution < -0.4 is 5.32 Å². The van der Waals surface area contributed by atoms with Gasteiger partial charge in [0, 0.05) is 12.8 Å². The van der Waals surface area contributed by atoms with Crippen LogP contribution in [0.4, 0.5) is 0 Å². The van der Waals surface area contributed by atoms with Crippen LogP contribution in [0.25, 0.3) is 0 Å². The Kier molecular flexibility index (Phi) is 64.5. The molecule has 0 bridgehead atoms. The predicted octanol–water partition coefficient (Wildman–Crippen LogP) is 22.1. The minimum Gasteiger partial charge on any atom is -0.466 e. The lowest BCUT2D eigenvalue weighted by Gasteiger charge is -2.20. The highest BCUT2D eigenvalue weighted by Gasteiger charge is 2.18. The molecule has 3 N–H and O–H groups in total. The SMILES string of the molecule is CCCCC/C=C\C/C=C\CCCCCCCCCC(=O)OCCCCCCCCCCCCCC/C=C\CCCCCCCCCCCCCCCCCCC(=O)NC(CO)C(O)/C=C/CCCCCCCCCCC. The standard InChI is InChI=1S/C71H133NO5/c1-3-5-7-9-11-13-15-16-17-34-38-41-45-49-53-57-61-65-71(76)77-66-62-58-54-50-46-42-39-36-33-31-29-27-25-23-21-19-18-20-22-24-26-28-30-32-35-37-40-44-48-52-56-60-64-70(75)72-68(67-73)69(74)63-59-55-51-47-43-14-12-10-8-6-4-2/h11,13,16-17,21,23,59,63,68-69,73-74H,3-10,12,14-15,18-20,22,24-58,60-62,64-67H2,1-2H3,(H,72,75)/b13-11-,17-16-,23-21-,63-59+. The van der Waals surface area contributed by atoms with E-state index in [1.807, 2.05) is 6.08 Å². The molecule has 0 radical (unpaired) electrons. The molecule has 6 heteroatoms. The van der Waals surface area contributed by atoms with Gasteiger partial charge >= 0.3 is 5.97 Å². The van der Waals surface area contributed by atoms with Crippen LogP contribution in [0.1, 0.15) is 367 Å². The van der Waals surface area contributed by atoms with Gasteiger partial charge in [-0.25, -0.2) is 0 Å². The molecule has 0 rings (SSSR count). The first-order valence-electron chi connectivity index (χ1n) is 34.4. The van der Waals surface area contributed by atoms with E-state index in [1.165, 1.54) is 289 Å². The summed E-state index contributed by atoms with van der Waals surface area (Å²) >= 11 is 0. The third-order valence-corrected chi connectivity index (χ3v) is 15.8. The minimum atomic E-state index is -0.841. The van der Waals surface area contributed by atoms with Gasteiger partial charge in [-0.2, -0.15) is 0 Å². The van der Waals surface area contributed by atoms with Crippen LogP contribution in [0.5, 0.6) is 0 Å². The average molecular weight is 1080 g/mol. The first kappa shape index (κ1) is 74.8. The number of allylic oxidation sites excluding steroid dienone is 7. The molecule has 0 aromatic carbocycles. The Balaban J connectivity index is 3.35. The van der Waals surface area contributed by atoms with Crippen molar-refractivity contribution in [3.63, 3.8) is 0 Å². The number of amides is 1. The first-order chi connectivity index (χ1) is 38.0. The molecular weight excluding hydrogens is 947 g/mol. The molecular formula is C71H133NO5. The molecule has 0 heterocycles. The number of rotatable bonds is 64. The molecule has 6 nitrogen and oxygen atoms in total. The Bertz CT molecular complexity index is 1290. The Labute approximate surface area is 480 Å². The Morgan fingerprint density at radius 2 is 0.649 bits per heavy atom. The molecule has 0 aromatic heterocycles. The van der Waals surface area contributed by atoms with E-state index in [0.29, 0.717) is 19.4 Å². The van der Waals surface area contributed by atoms with E-state index >= 15 is 0 Å². The average Bonchev–Trinajstić information content (AvgIpc) is 3.43. The van der Waals surface area contributed by atoms with Crippen molar-refractivity contribution in [1.82, 2.24) is 5.32 Å². The van der Waals surface area contributed by atoms with E-state index in [4.69, 9.17) is 4.74 Å². The molecule has 2 atom stereocenters.